The summed E-state index contributed by atoms with van der Waals surface area (Å²) in [4.78, 5) is 53.3. The van der Waals surface area contributed by atoms with Crippen LogP contribution in [0.2, 0.25) is 0 Å². The molecule has 9 nitrogen and oxygen atoms in total. The number of hydrogen-bond acceptors (Lipinski definition) is 6. The third-order valence-electron chi connectivity index (χ3n) is 16.7. The molecule has 1 aromatic heterocycles. The molecule has 0 radical (unpaired) electrons. The minimum Gasteiger partial charge on any atom is -0.481 e. The minimum absolute atomic E-state index is 0.0109. The van der Waals surface area contributed by atoms with E-state index in [0.29, 0.717) is 37.0 Å². The summed E-state index contributed by atoms with van der Waals surface area (Å²) in [6.45, 7) is 20.1. The lowest BCUT2D eigenvalue weighted by Gasteiger charge is -2.72. The number of fused-ring (bicyclic) bond motifs is 7. The third kappa shape index (κ3) is 5.76. The Bertz CT molecular complexity index is 2020. The zero-order valence-electron chi connectivity index (χ0n) is 35.1. The smallest absolute Gasteiger partial charge is 0.309 e. The summed E-state index contributed by atoms with van der Waals surface area (Å²) in [5.41, 5.74) is 7.44. The molecule has 1 heterocycles. The number of rotatable bonds is 9. The van der Waals surface area contributed by atoms with Crippen LogP contribution in [0.1, 0.15) is 132 Å². The number of aromatic nitrogens is 2. The Morgan fingerprint density at radius 2 is 1.62 bits per heavy atom. The summed E-state index contributed by atoms with van der Waals surface area (Å²) in [5.74, 6) is -0.679. The van der Waals surface area contributed by atoms with Gasteiger partial charge in [-0.3, -0.25) is 23.9 Å². The molecule has 0 bridgehead atoms. The van der Waals surface area contributed by atoms with Crippen LogP contribution < -0.4 is 11.3 Å². The number of ether oxygens (including phenoxy) is 1. The molecule has 0 amide bonds. The van der Waals surface area contributed by atoms with Crippen LogP contribution in [0.3, 0.4) is 0 Å². The van der Waals surface area contributed by atoms with Gasteiger partial charge < -0.3 is 15.6 Å². The maximum Gasteiger partial charge on any atom is 0.309 e. The highest BCUT2D eigenvalue weighted by molar-refractivity contribution is 6.01. The van der Waals surface area contributed by atoms with Crippen molar-refractivity contribution in [1.82, 2.24) is 9.36 Å². The molecule has 0 spiro atoms. The number of halogens is 1. The molecule has 10 heteroatoms. The average Bonchev–Trinajstić information content (AvgIpc) is 3.60. The van der Waals surface area contributed by atoms with Gasteiger partial charge >= 0.3 is 11.9 Å². The first kappa shape index (κ1) is 40.7. The van der Waals surface area contributed by atoms with Crippen LogP contribution in [0.5, 0.6) is 0 Å². The molecule has 8 atom stereocenters. The van der Waals surface area contributed by atoms with Crippen LogP contribution in [0.25, 0.3) is 5.69 Å². The van der Waals surface area contributed by atoms with Gasteiger partial charge in [-0.15, -0.1) is 0 Å². The van der Waals surface area contributed by atoms with E-state index in [1.165, 1.54) is 17.7 Å². The van der Waals surface area contributed by atoms with Gasteiger partial charge in [-0.05, 0) is 141 Å². The van der Waals surface area contributed by atoms with Crippen molar-refractivity contribution in [2.24, 2.45) is 56.5 Å². The molecule has 2 aromatic rings. The van der Waals surface area contributed by atoms with Gasteiger partial charge in [0, 0.05) is 29.9 Å². The fourth-order valence-electron chi connectivity index (χ4n) is 13.8. The van der Waals surface area contributed by atoms with Crippen molar-refractivity contribution in [2.45, 2.75) is 145 Å². The van der Waals surface area contributed by atoms with Crippen molar-refractivity contribution in [3.05, 3.63) is 63.3 Å². The summed E-state index contributed by atoms with van der Waals surface area (Å²) in [7, 11) is 0. The van der Waals surface area contributed by atoms with Gasteiger partial charge in [0.1, 0.15) is 11.9 Å². The Morgan fingerprint density at radius 1 is 0.946 bits per heavy atom. The number of nitrogens with zero attached hydrogens (tertiary/aromatic N) is 2. The number of aliphatic carboxylic acids is 1. The zero-order valence-corrected chi connectivity index (χ0v) is 35.1. The lowest BCUT2D eigenvalue weighted by Crippen LogP contribution is -2.66. The van der Waals surface area contributed by atoms with Crippen molar-refractivity contribution in [3.63, 3.8) is 0 Å². The lowest BCUT2D eigenvalue weighted by atomic mass is 9.33. The number of ketones is 1. The van der Waals surface area contributed by atoms with E-state index >= 15 is 0 Å². The van der Waals surface area contributed by atoms with Gasteiger partial charge in [-0.2, -0.15) is 0 Å². The SMILES string of the molecule is CC(C)C1=C2[C@H]3CC[C@@H]4[C@@]5(C)CC[C@H](OC(=O)CC(C)(C)C(=O)O)C(C)(C)[C@@H]5CC[C@@]4(C)[C@]3(C)CC[C@@]2(c2cc(=O)n(-c3ccc(F)cc3)n2CCN)CC1=O. The molecule has 1 aromatic carbocycles. The quantitative estimate of drug-likeness (QED) is 0.245. The zero-order chi connectivity index (χ0) is 41.0. The van der Waals surface area contributed by atoms with Crippen molar-refractivity contribution >= 4 is 17.7 Å². The Morgan fingerprint density at radius 3 is 2.25 bits per heavy atom. The number of hydrogen-bond donors (Lipinski definition) is 2. The van der Waals surface area contributed by atoms with Gasteiger partial charge in [0.25, 0.3) is 5.56 Å². The second-order valence-electron chi connectivity index (χ2n) is 20.6. The first-order chi connectivity index (χ1) is 26.1. The largest absolute Gasteiger partial charge is 0.481 e. The summed E-state index contributed by atoms with van der Waals surface area (Å²) >= 11 is 0. The minimum atomic E-state index is -1.19. The number of benzene rings is 1. The standard InChI is InChI=1S/C46H64FN3O6/c1-27(2)38-31(51)25-46(34-24-36(52)50(49(34)23-22-48)29-12-10-28(47)11-13-29)21-20-44(8)30(39(38)46)14-15-33-43(7)18-17-35(56-37(53)26-41(3,4)40(54)55)42(5,6)32(43)16-19-45(33,44)9/h10-13,24,27,30,32-33,35H,14-23,25-26,48H2,1-9H3,(H,54,55)/t30-,32+,33-,35+,43+,44-,45-,46+/m1/s1. The van der Waals surface area contributed by atoms with Crippen LogP contribution in [-0.2, 0) is 31.1 Å². The normalized spacial score (nSPS) is 35.1. The molecule has 0 aliphatic heterocycles. The van der Waals surface area contributed by atoms with Crippen LogP contribution in [0, 0.1) is 56.6 Å². The van der Waals surface area contributed by atoms with E-state index < -0.39 is 22.8 Å². The van der Waals surface area contributed by atoms with Crippen LogP contribution >= 0.6 is 0 Å². The van der Waals surface area contributed by atoms with Gasteiger partial charge in [0.05, 0.1) is 29.8 Å². The predicted octanol–water partition coefficient (Wildman–Crippen LogP) is 8.38. The first-order valence-corrected chi connectivity index (χ1v) is 21.1. The molecule has 56 heavy (non-hydrogen) atoms. The Kier molecular flexibility index (Phi) is 9.82. The van der Waals surface area contributed by atoms with Crippen molar-refractivity contribution in [3.8, 4) is 5.69 Å². The van der Waals surface area contributed by atoms with Gasteiger partial charge in [0.15, 0.2) is 5.78 Å². The highest BCUT2D eigenvalue weighted by Gasteiger charge is 2.70. The summed E-state index contributed by atoms with van der Waals surface area (Å²) < 4.78 is 23.8. The van der Waals surface area contributed by atoms with Crippen molar-refractivity contribution in [2.75, 3.05) is 6.54 Å². The number of nitrogens with two attached hydrogens (primary N) is 1. The Balaban J connectivity index is 1.26. The van der Waals surface area contributed by atoms with E-state index in [9.17, 15) is 28.7 Å². The van der Waals surface area contributed by atoms with E-state index in [1.54, 1.807) is 36.7 Å². The predicted molar refractivity (Wildman–Crippen MR) is 214 cm³/mol. The van der Waals surface area contributed by atoms with Crippen LogP contribution in [-0.4, -0.2) is 44.8 Å². The fourth-order valence-corrected chi connectivity index (χ4v) is 13.8. The Labute approximate surface area is 331 Å². The molecular formula is C46H64FN3O6. The van der Waals surface area contributed by atoms with Crippen LogP contribution in [0.15, 0.2) is 46.3 Å². The van der Waals surface area contributed by atoms with E-state index in [4.69, 9.17) is 10.5 Å². The van der Waals surface area contributed by atoms with Gasteiger partial charge in [-0.1, -0.05) is 48.5 Å². The summed E-state index contributed by atoms with van der Waals surface area (Å²) in [6.07, 6.45) is 7.30. The molecule has 5 aliphatic rings. The Hall–Kier alpha value is -3.53. The molecule has 0 unspecified atom stereocenters. The molecule has 5 aliphatic carbocycles. The second-order valence-corrected chi connectivity index (χ2v) is 20.6. The van der Waals surface area contributed by atoms with Gasteiger partial charge in [-0.25, -0.2) is 9.07 Å². The van der Waals surface area contributed by atoms with E-state index in [1.807, 2.05) is 4.68 Å². The second kappa shape index (κ2) is 13.5. The average molecular weight is 774 g/mol. The van der Waals surface area contributed by atoms with E-state index in [2.05, 4.69) is 48.5 Å². The monoisotopic (exact) mass is 773 g/mol. The molecular weight excluding hydrogens is 710 g/mol. The third-order valence-corrected chi connectivity index (χ3v) is 16.7. The fraction of sp³-hybridized carbons (Fsp3) is 0.696. The molecule has 306 valence electrons. The number of esters is 1. The molecule has 7 rings (SSSR count). The number of carbonyl (C=O) groups excluding carboxylic acids is 2. The van der Waals surface area contributed by atoms with E-state index in [0.717, 1.165) is 62.6 Å². The topological polar surface area (TPSA) is 134 Å². The number of Topliss-reactive ketones (excluding diaryl/α,β-unsaturated/α-hetero) is 1. The van der Waals surface area contributed by atoms with Crippen molar-refractivity contribution < 1.29 is 28.6 Å². The van der Waals surface area contributed by atoms with E-state index in [-0.39, 0.29) is 63.2 Å². The first-order valence-electron chi connectivity index (χ1n) is 21.1. The number of allylic oxidation sites excluding steroid dienone is 2. The number of carbonyl (C=O) groups is 3. The van der Waals surface area contributed by atoms with Crippen molar-refractivity contribution in [1.29, 1.82) is 0 Å². The maximum atomic E-state index is 14.4. The molecule has 4 saturated carbocycles. The number of carboxylic acids is 1. The van der Waals surface area contributed by atoms with Gasteiger partial charge in [0.2, 0.25) is 0 Å². The summed E-state index contributed by atoms with van der Waals surface area (Å²) in [5, 5.41) is 9.64. The highest BCUT2D eigenvalue weighted by atomic mass is 19.1. The molecule has 3 N–H and O–H groups in total. The summed E-state index contributed by atoms with van der Waals surface area (Å²) in [6, 6.07) is 7.71. The molecule has 0 saturated heterocycles. The highest BCUT2D eigenvalue weighted by Crippen LogP contribution is 2.77. The maximum absolute atomic E-state index is 14.4. The lowest BCUT2D eigenvalue weighted by molar-refractivity contribution is -0.232. The van der Waals surface area contributed by atoms with Crippen LogP contribution in [0.4, 0.5) is 4.39 Å². The number of carboxylic acid groups (broad SMARTS) is 1. The molecule has 4 fully saturated rings.